The standard InChI is InChI=1S/C19H16F8N2O3/c1-3-10-7-12(17(21,18(22,23)24)19(25,26)27)6-9(2)15(10)28-16(30)11-4-5-13(20)14(8-11)29(31)32/h4-8,31-32H,3H2,1-2H3,(H,28,30). The van der Waals surface area contributed by atoms with Gasteiger partial charge in [0.05, 0.1) is 0 Å². The Balaban J connectivity index is 2.54. The molecule has 32 heavy (non-hydrogen) atoms. The van der Waals surface area contributed by atoms with Gasteiger partial charge in [0, 0.05) is 16.8 Å². The molecule has 0 saturated heterocycles. The Morgan fingerprint density at radius 2 is 1.56 bits per heavy atom. The van der Waals surface area contributed by atoms with Gasteiger partial charge in [0.25, 0.3) is 5.91 Å². The van der Waals surface area contributed by atoms with Gasteiger partial charge in [0.15, 0.2) is 5.82 Å². The second-order valence-corrected chi connectivity index (χ2v) is 6.74. The first-order valence-electron chi connectivity index (χ1n) is 8.79. The van der Waals surface area contributed by atoms with Crippen molar-refractivity contribution in [3.63, 3.8) is 0 Å². The molecule has 0 atom stereocenters. The number of hydrogen-bond acceptors (Lipinski definition) is 4. The molecule has 0 unspecified atom stereocenters. The summed E-state index contributed by atoms with van der Waals surface area (Å²) in [5.41, 5.74) is -9.12. The molecule has 0 spiro atoms. The number of benzene rings is 2. The Morgan fingerprint density at radius 1 is 1.00 bits per heavy atom. The number of alkyl halides is 7. The van der Waals surface area contributed by atoms with E-state index < -0.39 is 46.2 Å². The van der Waals surface area contributed by atoms with Crippen LogP contribution in [0.2, 0.25) is 0 Å². The Bertz CT molecular complexity index is 1000. The fourth-order valence-corrected chi connectivity index (χ4v) is 3.00. The van der Waals surface area contributed by atoms with E-state index in [2.05, 4.69) is 5.32 Å². The molecule has 0 aliphatic carbocycles. The lowest BCUT2D eigenvalue weighted by Gasteiger charge is -2.31. The molecule has 0 aliphatic heterocycles. The van der Waals surface area contributed by atoms with Crippen molar-refractivity contribution < 1.29 is 50.3 Å². The van der Waals surface area contributed by atoms with E-state index in [1.54, 1.807) is 0 Å². The molecule has 2 rings (SSSR count). The predicted octanol–water partition coefficient (Wildman–Crippen LogP) is 5.82. The van der Waals surface area contributed by atoms with Gasteiger partial charge < -0.3 is 5.32 Å². The molecule has 2 aromatic carbocycles. The van der Waals surface area contributed by atoms with Crippen molar-refractivity contribution in [2.24, 2.45) is 0 Å². The van der Waals surface area contributed by atoms with Crippen LogP contribution in [-0.2, 0) is 12.1 Å². The summed E-state index contributed by atoms with van der Waals surface area (Å²) in [5.74, 6) is -2.09. The van der Waals surface area contributed by atoms with E-state index in [9.17, 15) is 39.9 Å². The van der Waals surface area contributed by atoms with Crippen LogP contribution >= 0.6 is 0 Å². The zero-order valence-electron chi connectivity index (χ0n) is 16.4. The molecule has 0 aromatic heterocycles. The molecular formula is C19H16F8N2O3. The Morgan fingerprint density at radius 3 is 2.03 bits per heavy atom. The second kappa shape index (κ2) is 8.54. The van der Waals surface area contributed by atoms with E-state index in [4.69, 9.17) is 10.4 Å². The molecule has 176 valence electrons. The Labute approximate surface area is 175 Å². The van der Waals surface area contributed by atoms with Crippen LogP contribution in [0, 0.1) is 12.7 Å². The molecule has 0 fully saturated rings. The summed E-state index contributed by atoms with van der Waals surface area (Å²) in [6, 6.07) is 3.11. The number of amides is 1. The molecule has 3 N–H and O–H groups in total. The Kier molecular flexibility index (Phi) is 6.76. The van der Waals surface area contributed by atoms with E-state index in [0.29, 0.717) is 12.1 Å². The maximum atomic E-state index is 14.4. The average Bonchev–Trinajstić information content (AvgIpc) is 2.66. The predicted molar refractivity (Wildman–Crippen MR) is 95.9 cm³/mol. The Hall–Kier alpha value is -2.93. The normalized spacial score (nSPS) is 12.6. The molecule has 0 saturated carbocycles. The zero-order valence-corrected chi connectivity index (χ0v) is 16.4. The molecule has 5 nitrogen and oxygen atoms in total. The third-order valence-electron chi connectivity index (χ3n) is 4.64. The summed E-state index contributed by atoms with van der Waals surface area (Å²) in [6.45, 7) is 2.44. The van der Waals surface area contributed by atoms with Crippen LogP contribution in [-0.4, -0.2) is 28.7 Å². The van der Waals surface area contributed by atoms with Crippen molar-refractivity contribution in [1.29, 1.82) is 0 Å². The molecule has 2 aromatic rings. The first-order chi connectivity index (χ1) is 14.5. The highest BCUT2D eigenvalue weighted by Gasteiger charge is 2.73. The van der Waals surface area contributed by atoms with Gasteiger partial charge in [0.2, 0.25) is 0 Å². The molecular weight excluding hydrogens is 456 g/mol. The van der Waals surface area contributed by atoms with Crippen molar-refractivity contribution in [3.8, 4) is 0 Å². The fourth-order valence-electron chi connectivity index (χ4n) is 3.00. The van der Waals surface area contributed by atoms with Gasteiger partial charge in [-0.2, -0.15) is 26.3 Å². The van der Waals surface area contributed by atoms with E-state index in [0.717, 1.165) is 25.1 Å². The highest BCUT2D eigenvalue weighted by molar-refractivity contribution is 6.05. The van der Waals surface area contributed by atoms with Gasteiger partial charge >= 0.3 is 18.0 Å². The zero-order chi connectivity index (χ0) is 24.6. The van der Waals surface area contributed by atoms with Crippen LogP contribution in [0.4, 0.5) is 46.5 Å². The molecule has 13 heteroatoms. The van der Waals surface area contributed by atoms with Crippen LogP contribution in [0.3, 0.4) is 0 Å². The number of rotatable bonds is 5. The average molecular weight is 472 g/mol. The van der Waals surface area contributed by atoms with Gasteiger partial charge in [-0.15, -0.1) is 5.23 Å². The van der Waals surface area contributed by atoms with Crippen molar-refractivity contribution >= 4 is 17.3 Å². The lowest BCUT2D eigenvalue weighted by Crippen LogP contribution is -2.50. The minimum absolute atomic E-state index is 0.175. The summed E-state index contributed by atoms with van der Waals surface area (Å²) in [5, 5.41) is 19.6. The van der Waals surface area contributed by atoms with Crippen LogP contribution in [0.15, 0.2) is 30.3 Å². The lowest BCUT2D eigenvalue weighted by atomic mass is 9.89. The van der Waals surface area contributed by atoms with E-state index in [1.165, 1.54) is 6.92 Å². The number of aryl methyl sites for hydroxylation is 2. The number of hydrogen-bond donors (Lipinski definition) is 3. The van der Waals surface area contributed by atoms with Crippen molar-refractivity contribution in [3.05, 3.63) is 58.4 Å². The van der Waals surface area contributed by atoms with Crippen LogP contribution < -0.4 is 10.5 Å². The number of carbonyl (C=O) groups is 1. The minimum Gasteiger partial charge on any atom is -0.321 e. The number of anilines is 2. The van der Waals surface area contributed by atoms with Gasteiger partial charge in [-0.05, 0) is 48.7 Å². The third-order valence-corrected chi connectivity index (χ3v) is 4.64. The molecule has 0 bridgehead atoms. The van der Waals surface area contributed by atoms with Gasteiger partial charge in [-0.25, -0.2) is 8.78 Å². The number of nitrogens with zero attached hydrogens (tertiary/aromatic N) is 1. The van der Waals surface area contributed by atoms with E-state index >= 15 is 0 Å². The maximum Gasteiger partial charge on any atom is 0.435 e. The molecule has 1 amide bonds. The minimum atomic E-state index is -6.29. The summed E-state index contributed by atoms with van der Waals surface area (Å²) in [6.07, 6.45) is -12.8. The summed E-state index contributed by atoms with van der Waals surface area (Å²) >= 11 is 0. The lowest BCUT2D eigenvalue weighted by molar-refractivity contribution is -0.348. The smallest absolute Gasteiger partial charge is 0.321 e. The highest BCUT2D eigenvalue weighted by Crippen LogP contribution is 2.53. The topological polar surface area (TPSA) is 72.8 Å². The van der Waals surface area contributed by atoms with E-state index in [1.807, 2.05) is 0 Å². The van der Waals surface area contributed by atoms with Crippen LogP contribution in [0.1, 0.15) is 34.0 Å². The fraction of sp³-hybridized carbons (Fsp3) is 0.316. The first-order valence-corrected chi connectivity index (χ1v) is 8.79. The van der Waals surface area contributed by atoms with Crippen molar-refractivity contribution in [1.82, 2.24) is 0 Å². The van der Waals surface area contributed by atoms with Crippen molar-refractivity contribution in [2.45, 2.75) is 38.3 Å². The summed E-state index contributed by atoms with van der Waals surface area (Å²) < 4.78 is 106. The summed E-state index contributed by atoms with van der Waals surface area (Å²) in [4.78, 5) is 12.5. The quantitative estimate of drug-likeness (QED) is 0.379. The number of nitrogens with one attached hydrogen (secondary N) is 1. The monoisotopic (exact) mass is 472 g/mol. The SMILES string of the molecule is CCc1cc(C(F)(C(F)(F)F)C(F)(F)F)cc(C)c1NC(=O)c1ccc(F)c(N(O)O)c1. The number of halogens is 8. The molecule has 0 radical (unpaired) electrons. The van der Waals surface area contributed by atoms with Crippen molar-refractivity contribution in [2.75, 3.05) is 10.5 Å². The molecule has 0 aliphatic rings. The second-order valence-electron chi connectivity index (χ2n) is 6.74. The highest BCUT2D eigenvalue weighted by atomic mass is 19.4. The van der Waals surface area contributed by atoms with Crippen LogP contribution in [0.25, 0.3) is 0 Å². The van der Waals surface area contributed by atoms with Crippen LogP contribution in [0.5, 0.6) is 0 Å². The third kappa shape index (κ3) is 4.48. The van der Waals surface area contributed by atoms with E-state index in [-0.39, 0.29) is 28.8 Å². The van der Waals surface area contributed by atoms with Gasteiger partial charge in [-0.1, -0.05) is 13.0 Å². The maximum absolute atomic E-state index is 14.4. The molecule has 0 heterocycles. The summed E-state index contributed by atoms with van der Waals surface area (Å²) in [7, 11) is 0. The van der Waals surface area contributed by atoms with Gasteiger partial charge in [-0.3, -0.25) is 15.2 Å². The number of carbonyl (C=O) groups excluding carboxylic acids is 1. The largest absolute Gasteiger partial charge is 0.435 e. The van der Waals surface area contributed by atoms with Gasteiger partial charge in [0.1, 0.15) is 5.69 Å². The first kappa shape index (κ1) is 25.3.